The number of allylic oxidation sites excluding steroid dienone is 1. The van der Waals surface area contributed by atoms with Gasteiger partial charge in [-0.1, -0.05) is 140 Å². The maximum absolute atomic E-state index is 6.62. The summed E-state index contributed by atoms with van der Waals surface area (Å²) >= 11 is 0. The highest BCUT2D eigenvalue weighted by molar-refractivity contribution is 6.17. The molecule has 2 heteroatoms. The summed E-state index contributed by atoms with van der Waals surface area (Å²) in [6.07, 6.45) is 6.45. The standard InChI is InChI=1S/C44H31NO/c1-3-13-30(14-4-1)31-23-25-33(26-24-31)45(40-28-27-34(32-15-5-2-6-16-32)35-17-7-8-18-36(35)40)41-29-43-44(38-20-10-9-19-37(38)41)39-21-11-12-22-42(39)46-43/h1-11,13-21,23-29H,12,22H2. The molecule has 1 aliphatic rings. The summed E-state index contributed by atoms with van der Waals surface area (Å²) in [5.74, 6) is 1.08. The first-order valence-corrected chi connectivity index (χ1v) is 16.0. The van der Waals surface area contributed by atoms with Crippen LogP contribution in [0.15, 0.2) is 162 Å². The first kappa shape index (κ1) is 26.5. The van der Waals surface area contributed by atoms with Gasteiger partial charge in [-0.25, -0.2) is 0 Å². The molecule has 0 saturated heterocycles. The molecule has 0 spiro atoms. The van der Waals surface area contributed by atoms with E-state index < -0.39 is 0 Å². The van der Waals surface area contributed by atoms with Gasteiger partial charge in [0.25, 0.3) is 0 Å². The number of hydrogen-bond donors (Lipinski definition) is 0. The van der Waals surface area contributed by atoms with Gasteiger partial charge in [0.05, 0.1) is 11.4 Å². The molecule has 1 aromatic heterocycles. The molecule has 2 nitrogen and oxygen atoms in total. The lowest BCUT2D eigenvalue weighted by Crippen LogP contribution is -2.11. The zero-order valence-electron chi connectivity index (χ0n) is 25.4. The molecule has 0 saturated carbocycles. The van der Waals surface area contributed by atoms with Crippen LogP contribution in [-0.2, 0) is 6.42 Å². The van der Waals surface area contributed by atoms with Crippen LogP contribution in [0.2, 0.25) is 0 Å². The Bertz CT molecular complexity index is 2400. The highest BCUT2D eigenvalue weighted by Crippen LogP contribution is 2.47. The molecule has 1 heterocycles. The summed E-state index contributed by atoms with van der Waals surface area (Å²) < 4.78 is 6.62. The van der Waals surface area contributed by atoms with E-state index in [1.165, 1.54) is 54.7 Å². The van der Waals surface area contributed by atoms with E-state index in [9.17, 15) is 0 Å². The molecule has 0 bridgehead atoms. The fourth-order valence-corrected chi connectivity index (χ4v) is 7.17. The third-order valence-corrected chi connectivity index (χ3v) is 9.31. The van der Waals surface area contributed by atoms with Gasteiger partial charge in [0, 0.05) is 39.9 Å². The molecule has 0 atom stereocenters. The van der Waals surface area contributed by atoms with E-state index in [1.807, 2.05) is 0 Å². The van der Waals surface area contributed by atoms with Crippen molar-refractivity contribution in [2.24, 2.45) is 0 Å². The number of fused-ring (bicyclic) bond motifs is 6. The lowest BCUT2D eigenvalue weighted by Gasteiger charge is -2.29. The van der Waals surface area contributed by atoms with E-state index >= 15 is 0 Å². The largest absolute Gasteiger partial charge is 0.460 e. The normalized spacial score (nSPS) is 12.5. The molecular weight excluding hydrogens is 558 g/mol. The van der Waals surface area contributed by atoms with Crippen LogP contribution in [0.3, 0.4) is 0 Å². The number of aryl methyl sites for hydroxylation is 1. The van der Waals surface area contributed by atoms with Crippen molar-refractivity contribution >= 4 is 55.7 Å². The van der Waals surface area contributed by atoms with Gasteiger partial charge < -0.3 is 9.32 Å². The highest BCUT2D eigenvalue weighted by Gasteiger charge is 2.24. The Morgan fingerprint density at radius 3 is 1.85 bits per heavy atom. The van der Waals surface area contributed by atoms with E-state index in [-0.39, 0.29) is 0 Å². The molecule has 7 aromatic carbocycles. The monoisotopic (exact) mass is 589 g/mol. The number of rotatable bonds is 5. The van der Waals surface area contributed by atoms with Crippen LogP contribution in [0.4, 0.5) is 17.1 Å². The number of benzene rings is 7. The lowest BCUT2D eigenvalue weighted by molar-refractivity contribution is 0.546. The summed E-state index contributed by atoms with van der Waals surface area (Å²) in [5, 5.41) is 6.03. The summed E-state index contributed by atoms with van der Waals surface area (Å²) in [6.45, 7) is 0. The van der Waals surface area contributed by atoms with Gasteiger partial charge in [0.15, 0.2) is 0 Å². The number of hydrogen-bond acceptors (Lipinski definition) is 2. The lowest BCUT2D eigenvalue weighted by atomic mass is 9.95. The predicted octanol–water partition coefficient (Wildman–Crippen LogP) is 12.5. The fraction of sp³-hybridized carbons (Fsp3) is 0.0455. The molecular formula is C44H31NO. The number of nitrogens with zero attached hydrogens (tertiary/aromatic N) is 1. The molecule has 0 amide bonds. The molecule has 0 N–H and O–H groups in total. The Morgan fingerprint density at radius 2 is 1.11 bits per heavy atom. The Morgan fingerprint density at radius 1 is 0.500 bits per heavy atom. The second-order valence-electron chi connectivity index (χ2n) is 12.0. The quantitative estimate of drug-likeness (QED) is 0.199. The molecule has 0 aliphatic heterocycles. The first-order valence-electron chi connectivity index (χ1n) is 16.0. The van der Waals surface area contributed by atoms with Crippen molar-refractivity contribution in [3.63, 3.8) is 0 Å². The fourth-order valence-electron chi connectivity index (χ4n) is 7.17. The second-order valence-corrected chi connectivity index (χ2v) is 12.0. The maximum atomic E-state index is 6.62. The van der Waals surface area contributed by atoms with E-state index in [0.29, 0.717) is 0 Å². The minimum Gasteiger partial charge on any atom is -0.460 e. The van der Waals surface area contributed by atoms with Gasteiger partial charge in [-0.2, -0.15) is 0 Å². The average Bonchev–Trinajstić information content (AvgIpc) is 3.51. The van der Waals surface area contributed by atoms with Crippen molar-refractivity contribution in [3.05, 3.63) is 169 Å². The van der Waals surface area contributed by atoms with Crippen LogP contribution in [-0.4, -0.2) is 0 Å². The topological polar surface area (TPSA) is 16.4 Å². The van der Waals surface area contributed by atoms with E-state index in [1.54, 1.807) is 0 Å². The minimum atomic E-state index is 0.931. The molecule has 1 aliphatic carbocycles. The number of furan rings is 1. The Balaban J connectivity index is 1.33. The van der Waals surface area contributed by atoms with E-state index in [0.717, 1.165) is 41.2 Å². The second kappa shape index (κ2) is 10.9. The van der Waals surface area contributed by atoms with Crippen molar-refractivity contribution in [2.45, 2.75) is 12.8 Å². The van der Waals surface area contributed by atoms with E-state index in [4.69, 9.17) is 4.42 Å². The molecule has 0 fully saturated rings. The molecule has 46 heavy (non-hydrogen) atoms. The smallest absolute Gasteiger partial charge is 0.137 e. The zero-order chi connectivity index (χ0) is 30.5. The van der Waals surface area contributed by atoms with Gasteiger partial charge in [0.2, 0.25) is 0 Å². The van der Waals surface area contributed by atoms with Crippen molar-refractivity contribution in [1.29, 1.82) is 0 Å². The number of anilines is 3. The van der Waals surface area contributed by atoms with Crippen LogP contribution in [0.5, 0.6) is 0 Å². The molecule has 218 valence electrons. The van der Waals surface area contributed by atoms with Crippen LogP contribution in [0, 0.1) is 0 Å². The van der Waals surface area contributed by atoms with Gasteiger partial charge in [0.1, 0.15) is 11.3 Å². The highest BCUT2D eigenvalue weighted by atomic mass is 16.3. The first-order chi connectivity index (χ1) is 22.8. The van der Waals surface area contributed by atoms with Crippen molar-refractivity contribution < 1.29 is 4.42 Å². The van der Waals surface area contributed by atoms with Gasteiger partial charge in [-0.05, 0) is 57.6 Å². The Kier molecular flexibility index (Phi) is 6.31. The van der Waals surface area contributed by atoms with Gasteiger partial charge >= 0.3 is 0 Å². The van der Waals surface area contributed by atoms with Gasteiger partial charge in [-0.15, -0.1) is 0 Å². The Labute approximate surface area is 268 Å². The third kappa shape index (κ3) is 4.34. The van der Waals surface area contributed by atoms with Crippen LogP contribution in [0.1, 0.15) is 17.7 Å². The maximum Gasteiger partial charge on any atom is 0.137 e. The SMILES string of the molecule is C1=Cc2c(oc3cc(N(c4ccc(-c5ccccc5)cc4)c4ccc(-c5ccccc5)c5ccccc45)c4ccccc4c23)CC1. The average molecular weight is 590 g/mol. The molecule has 0 unspecified atom stereocenters. The summed E-state index contributed by atoms with van der Waals surface area (Å²) in [7, 11) is 0. The van der Waals surface area contributed by atoms with Crippen molar-refractivity contribution in [1.82, 2.24) is 0 Å². The summed E-state index contributed by atoms with van der Waals surface area (Å²) in [5.41, 5.74) is 10.3. The zero-order valence-corrected chi connectivity index (χ0v) is 25.4. The minimum absolute atomic E-state index is 0.931. The van der Waals surface area contributed by atoms with Crippen LogP contribution >= 0.6 is 0 Å². The third-order valence-electron chi connectivity index (χ3n) is 9.31. The predicted molar refractivity (Wildman–Crippen MR) is 194 cm³/mol. The summed E-state index contributed by atoms with van der Waals surface area (Å²) in [4.78, 5) is 2.42. The van der Waals surface area contributed by atoms with Crippen LogP contribution < -0.4 is 4.90 Å². The summed E-state index contributed by atoms with van der Waals surface area (Å²) in [6, 6.07) is 54.6. The Hall–Kier alpha value is -5.86. The van der Waals surface area contributed by atoms with Crippen molar-refractivity contribution in [2.75, 3.05) is 4.90 Å². The van der Waals surface area contributed by atoms with E-state index in [2.05, 4.69) is 169 Å². The van der Waals surface area contributed by atoms with Crippen LogP contribution in [0.25, 0.3) is 60.8 Å². The van der Waals surface area contributed by atoms with Crippen molar-refractivity contribution in [3.8, 4) is 22.3 Å². The molecule has 8 aromatic rings. The molecule has 0 radical (unpaired) electrons. The molecule has 9 rings (SSSR count). The van der Waals surface area contributed by atoms with Gasteiger partial charge in [-0.3, -0.25) is 0 Å².